The topological polar surface area (TPSA) is 35.5 Å². The Kier molecular flexibility index (Phi) is 4.35. The lowest BCUT2D eigenvalue weighted by Gasteiger charge is -2.03. The molecule has 0 bridgehead atoms. The van der Waals surface area contributed by atoms with E-state index in [1.54, 1.807) is 31.4 Å². The van der Waals surface area contributed by atoms with Crippen LogP contribution in [0.4, 0.5) is 0 Å². The Hall–Kier alpha value is -1.00. The fraction of sp³-hybridized carbons (Fsp3) is 0.222. The number of benzene rings is 1. The normalized spacial score (nSPS) is 9.62. The van der Waals surface area contributed by atoms with Crippen molar-refractivity contribution in [2.45, 2.75) is 0 Å². The molecule has 0 amide bonds. The Morgan fingerprint density at radius 2 is 2.38 bits per heavy atom. The summed E-state index contributed by atoms with van der Waals surface area (Å²) in [6, 6.07) is 6.98. The summed E-state index contributed by atoms with van der Waals surface area (Å²) in [4.78, 5) is 10.4. The van der Waals surface area contributed by atoms with Crippen molar-refractivity contribution >= 4 is 18.3 Å². The highest BCUT2D eigenvalue weighted by Gasteiger charge is 1.95. The molecule has 1 aromatic carbocycles. The van der Waals surface area contributed by atoms with Crippen LogP contribution in [0.2, 0.25) is 0 Å². The van der Waals surface area contributed by atoms with Gasteiger partial charge in [-0.25, -0.2) is 0 Å². The van der Waals surface area contributed by atoms with Gasteiger partial charge in [-0.05, 0) is 12.1 Å². The van der Waals surface area contributed by atoms with E-state index in [-0.39, 0.29) is 0 Å². The van der Waals surface area contributed by atoms with Gasteiger partial charge in [-0.2, -0.15) is 0 Å². The molecule has 0 aliphatic rings. The Bertz CT molecular complexity index is 275. The van der Waals surface area contributed by atoms with E-state index in [1.165, 1.54) is 12.0 Å². The molecule has 0 aliphatic heterocycles. The smallest absolute Gasteiger partial charge is 0.159 e. The van der Waals surface area contributed by atoms with Crippen LogP contribution in [-0.4, -0.2) is 19.3 Å². The van der Waals surface area contributed by atoms with Crippen LogP contribution in [0.5, 0.6) is 5.75 Å². The SMILES string of the molecule is COSCOc1cccc(C=O)c1. The van der Waals surface area contributed by atoms with Crippen LogP contribution in [0.25, 0.3) is 0 Å². The van der Waals surface area contributed by atoms with Gasteiger partial charge >= 0.3 is 0 Å². The summed E-state index contributed by atoms with van der Waals surface area (Å²) in [5, 5.41) is 0. The van der Waals surface area contributed by atoms with Crippen molar-refractivity contribution in [1.82, 2.24) is 0 Å². The van der Waals surface area contributed by atoms with Gasteiger partial charge in [0.25, 0.3) is 0 Å². The first-order valence-corrected chi connectivity index (χ1v) is 4.61. The van der Waals surface area contributed by atoms with Gasteiger partial charge in [0.1, 0.15) is 12.0 Å². The molecule has 0 spiro atoms. The van der Waals surface area contributed by atoms with Crippen molar-refractivity contribution in [2.24, 2.45) is 0 Å². The fourth-order valence-electron chi connectivity index (χ4n) is 0.818. The second-order valence-corrected chi connectivity index (χ2v) is 3.04. The summed E-state index contributed by atoms with van der Waals surface area (Å²) in [6.07, 6.45) is 0.788. The summed E-state index contributed by atoms with van der Waals surface area (Å²) in [6.45, 7) is 0. The third-order valence-electron chi connectivity index (χ3n) is 1.39. The molecule has 13 heavy (non-hydrogen) atoms. The quantitative estimate of drug-likeness (QED) is 0.314. The molecule has 0 atom stereocenters. The zero-order valence-corrected chi connectivity index (χ0v) is 8.04. The lowest BCUT2D eigenvalue weighted by atomic mass is 10.2. The minimum Gasteiger partial charge on any atom is -0.481 e. The van der Waals surface area contributed by atoms with Crippen LogP contribution in [0.1, 0.15) is 10.4 Å². The first-order chi connectivity index (χ1) is 6.36. The number of carbonyl (C=O) groups is 1. The number of aldehydes is 1. The van der Waals surface area contributed by atoms with Crippen molar-refractivity contribution in [1.29, 1.82) is 0 Å². The third kappa shape index (κ3) is 3.48. The highest BCUT2D eigenvalue weighted by Crippen LogP contribution is 2.13. The van der Waals surface area contributed by atoms with E-state index in [1.807, 2.05) is 0 Å². The van der Waals surface area contributed by atoms with Gasteiger partial charge in [-0.3, -0.25) is 4.79 Å². The maximum atomic E-state index is 10.4. The average Bonchev–Trinajstić information content (AvgIpc) is 2.19. The van der Waals surface area contributed by atoms with E-state index in [0.717, 1.165) is 6.29 Å². The van der Waals surface area contributed by atoms with Crippen molar-refractivity contribution in [3.8, 4) is 5.75 Å². The van der Waals surface area contributed by atoms with Gasteiger partial charge in [-0.1, -0.05) is 12.1 Å². The second kappa shape index (κ2) is 5.61. The van der Waals surface area contributed by atoms with Gasteiger partial charge in [0.2, 0.25) is 0 Å². The Morgan fingerprint density at radius 1 is 1.54 bits per heavy atom. The van der Waals surface area contributed by atoms with Crippen molar-refractivity contribution in [2.75, 3.05) is 13.0 Å². The summed E-state index contributed by atoms with van der Waals surface area (Å²) in [7, 11) is 1.58. The molecule has 4 heteroatoms. The van der Waals surface area contributed by atoms with Crippen LogP contribution < -0.4 is 4.74 Å². The average molecular weight is 198 g/mol. The van der Waals surface area contributed by atoms with Crippen molar-refractivity contribution < 1.29 is 13.7 Å². The number of ether oxygens (including phenoxy) is 1. The van der Waals surface area contributed by atoms with E-state index in [0.29, 0.717) is 17.3 Å². The van der Waals surface area contributed by atoms with E-state index >= 15 is 0 Å². The molecule has 0 heterocycles. The Labute approximate surface area is 81.2 Å². The van der Waals surface area contributed by atoms with Crippen molar-refractivity contribution in [3.05, 3.63) is 29.8 Å². The third-order valence-corrected chi connectivity index (χ3v) is 1.84. The van der Waals surface area contributed by atoms with Gasteiger partial charge in [0.05, 0.1) is 7.11 Å². The monoisotopic (exact) mass is 198 g/mol. The Morgan fingerprint density at radius 3 is 3.08 bits per heavy atom. The van der Waals surface area contributed by atoms with E-state index in [9.17, 15) is 4.79 Å². The van der Waals surface area contributed by atoms with Crippen molar-refractivity contribution in [3.63, 3.8) is 0 Å². The van der Waals surface area contributed by atoms with Crippen LogP contribution in [-0.2, 0) is 4.18 Å². The number of carbonyl (C=O) groups excluding carboxylic acids is 1. The highest BCUT2D eigenvalue weighted by atomic mass is 32.2. The molecular weight excluding hydrogens is 188 g/mol. The molecule has 3 nitrogen and oxygen atoms in total. The lowest BCUT2D eigenvalue weighted by molar-refractivity contribution is 0.112. The highest BCUT2D eigenvalue weighted by molar-refractivity contribution is 7.94. The second-order valence-electron chi connectivity index (χ2n) is 2.24. The zero-order valence-electron chi connectivity index (χ0n) is 7.23. The molecule has 0 saturated heterocycles. The van der Waals surface area contributed by atoms with E-state index in [4.69, 9.17) is 8.92 Å². The molecule has 0 N–H and O–H groups in total. The molecule has 0 aliphatic carbocycles. The molecule has 1 rings (SSSR count). The maximum absolute atomic E-state index is 10.4. The van der Waals surface area contributed by atoms with Gasteiger partial charge in [0, 0.05) is 17.6 Å². The van der Waals surface area contributed by atoms with Crippen LogP contribution >= 0.6 is 12.0 Å². The molecule has 0 fully saturated rings. The molecular formula is C9H10O3S. The molecule has 70 valence electrons. The summed E-state index contributed by atoms with van der Waals surface area (Å²) < 4.78 is 10.0. The van der Waals surface area contributed by atoms with Crippen LogP contribution in [0, 0.1) is 0 Å². The largest absolute Gasteiger partial charge is 0.481 e. The van der Waals surface area contributed by atoms with Gasteiger partial charge in [0.15, 0.2) is 5.94 Å². The van der Waals surface area contributed by atoms with E-state index < -0.39 is 0 Å². The molecule has 0 saturated carbocycles. The summed E-state index contributed by atoms with van der Waals surface area (Å²) >= 11 is 1.21. The number of hydrogen-bond acceptors (Lipinski definition) is 4. The molecule has 1 aromatic rings. The summed E-state index contributed by atoms with van der Waals surface area (Å²) in [5.74, 6) is 1.09. The van der Waals surface area contributed by atoms with E-state index in [2.05, 4.69) is 0 Å². The zero-order chi connectivity index (χ0) is 9.52. The minimum atomic E-state index is 0.415. The lowest BCUT2D eigenvalue weighted by Crippen LogP contribution is -1.93. The first-order valence-electron chi connectivity index (χ1n) is 3.70. The molecule has 0 aromatic heterocycles. The standard InChI is InChI=1S/C9H10O3S/c1-11-13-7-12-9-4-2-3-8(5-9)6-10/h2-6H,7H2,1H3. The Balaban J connectivity index is 2.51. The van der Waals surface area contributed by atoms with Crippen LogP contribution in [0.3, 0.4) is 0 Å². The predicted octanol–water partition coefficient (Wildman–Crippen LogP) is 2.13. The first kappa shape index (κ1) is 10.1. The molecule has 0 unspecified atom stereocenters. The van der Waals surface area contributed by atoms with Crippen LogP contribution in [0.15, 0.2) is 24.3 Å². The maximum Gasteiger partial charge on any atom is 0.159 e. The minimum absolute atomic E-state index is 0.415. The number of hydrogen-bond donors (Lipinski definition) is 0. The number of rotatable bonds is 5. The summed E-state index contributed by atoms with van der Waals surface area (Å²) in [5.41, 5.74) is 0.611. The molecule has 0 radical (unpaired) electrons. The van der Waals surface area contributed by atoms with Gasteiger partial charge in [-0.15, -0.1) is 0 Å². The fourth-order valence-corrected chi connectivity index (χ4v) is 1.10. The van der Waals surface area contributed by atoms with Gasteiger partial charge < -0.3 is 8.92 Å². The predicted molar refractivity (Wildman–Crippen MR) is 51.9 cm³/mol.